The number of hydrogen-bond donors (Lipinski definition) is 2. The van der Waals surface area contributed by atoms with Gasteiger partial charge in [0.05, 0.1) is 29.2 Å². The first kappa shape index (κ1) is 17.3. The summed E-state index contributed by atoms with van der Waals surface area (Å²) in [5.41, 5.74) is 1.10. The van der Waals surface area contributed by atoms with E-state index in [4.69, 9.17) is 11.6 Å². The zero-order chi connectivity index (χ0) is 17.3. The standard InChI is InChI=1S/C16H25ClN6O/c1-21(2)16-19-8-13(22(16)3)7-18-14-4-11(5-15(14)24)9-23-10-12(17)6-20-23/h6,8,10-11,14-15,18,24H,4-5,7,9H2,1-3H3/t11?,14-,15-/m1/s1. The third-order valence-electron chi connectivity index (χ3n) is 4.68. The third kappa shape index (κ3) is 3.74. The molecule has 3 rings (SSSR count). The summed E-state index contributed by atoms with van der Waals surface area (Å²) in [6.07, 6.45) is 6.73. The van der Waals surface area contributed by atoms with Crippen molar-refractivity contribution in [2.75, 3.05) is 19.0 Å². The van der Waals surface area contributed by atoms with Gasteiger partial charge >= 0.3 is 0 Å². The molecule has 132 valence electrons. The van der Waals surface area contributed by atoms with E-state index in [-0.39, 0.29) is 12.1 Å². The van der Waals surface area contributed by atoms with Crippen molar-refractivity contribution >= 4 is 17.5 Å². The molecule has 24 heavy (non-hydrogen) atoms. The summed E-state index contributed by atoms with van der Waals surface area (Å²) in [6.45, 7) is 1.48. The Bertz CT molecular complexity index is 682. The Kier molecular flexibility index (Phi) is 5.12. The van der Waals surface area contributed by atoms with Crippen LogP contribution < -0.4 is 10.2 Å². The van der Waals surface area contributed by atoms with Crippen LogP contribution in [-0.4, -0.2) is 50.7 Å². The summed E-state index contributed by atoms with van der Waals surface area (Å²) < 4.78 is 3.92. The normalized spacial score (nSPS) is 23.8. The average Bonchev–Trinajstić information content (AvgIpc) is 3.18. The van der Waals surface area contributed by atoms with Gasteiger partial charge in [-0.15, -0.1) is 0 Å². The van der Waals surface area contributed by atoms with Gasteiger partial charge in [-0.3, -0.25) is 4.68 Å². The molecule has 3 atom stereocenters. The fraction of sp³-hybridized carbons (Fsp3) is 0.625. The molecule has 1 aliphatic carbocycles. The van der Waals surface area contributed by atoms with Crippen LogP contribution in [0.4, 0.5) is 5.95 Å². The molecule has 1 aliphatic rings. The Labute approximate surface area is 147 Å². The van der Waals surface area contributed by atoms with Gasteiger partial charge in [-0.05, 0) is 18.8 Å². The monoisotopic (exact) mass is 352 g/mol. The topological polar surface area (TPSA) is 71.1 Å². The number of hydrogen-bond acceptors (Lipinski definition) is 5. The van der Waals surface area contributed by atoms with Crippen LogP contribution in [0, 0.1) is 5.92 Å². The van der Waals surface area contributed by atoms with Crippen LogP contribution >= 0.6 is 11.6 Å². The van der Waals surface area contributed by atoms with Crippen LogP contribution in [0.5, 0.6) is 0 Å². The summed E-state index contributed by atoms with van der Waals surface area (Å²) in [5.74, 6) is 1.32. The second-order valence-electron chi connectivity index (χ2n) is 6.78. The van der Waals surface area contributed by atoms with Gasteiger partial charge in [0.15, 0.2) is 0 Å². The number of nitrogens with one attached hydrogen (secondary N) is 1. The number of anilines is 1. The van der Waals surface area contributed by atoms with E-state index < -0.39 is 0 Å². The molecule has 2 aromatic rings. The highest BCUT2D eigenvalue weighted by Gasteiger charge is 2.33. The molecule has 0 radical (unpaired) electrons. The molecular weight excluding hydrogens is 328 g/mol. The van der Waals surface area contributed by atoms with Gasteiger partial charge in [0.2, 0.25) is 5.95 Å². The molecule has 2 heterocycles. The summed E-state index contributed by atoms with van der Waals surface area (Å²) in [6, 6.07) is 0.0961. The number of aliphatic hydroxyl groups excluding tert-OH is 1. The van der Waals surface area contributed by atoms with Crippen molar-refractivity contribution in [1.29, 1.82) is 0 Å². The molecule has 7 nitrogen and oxygen atoms in total. The maximum absolute atomic E-state index is 10.3. The fourth-order valence-electron chi connectivity index (χ4n) is 3.44. The molecule has 1 fully saturated rings. The Balaban J connectivity index is 1.54. The number of nitrogens with zero attached hydrogens (tertiary/aromatic N) is 5. The lowest BCUT2D eigenvalue weighted by Crippen LogP contribution is -2.35. The van der Waals surface area contributed by atoms with Crippen LogP contribution in [0.15, 0.2) is 18.6 Å². The van der Waals surface area contributed by atoms with Gasteiger partial charge in [-0.1, -0.05) is 11.6 Å². The minimum absolute atomic E-state index is 0.0961. The second-order valence-corrected chi connectivity index (χ2v) is 7.21. The lowest BCUT2D eigenvalue weighted by atomic mass is 10.1. The first-order chi connectivity index (χ1) is 11.4. The van der Waals surface area contributed by atoms with Crippen molar-refractivity contribution in [3.05, 3.63) is 29.3 Å². The van der Waals surface area contributed by atoms with E-state index in [1.807, 2.05) is 43.1 Å². The molecule has 2 aromatic heterocycles. The third-order valence-corrected chi connectivity index (χ3v) is 4.87. The molecule has 0 aliphatic heterocycles. The van der Waals surface area contributed by atoms with Crippen molar-refractivity contribution in [3.63, 3.8) is 0 Å². The maximum Gasteiger partial charge on any atom is 0.204 e. The molecule has 0 aromatic carbocycles. The Morgan fingerprint density at radius 3 is 2.79 bits per heavy atom. The largest absolute Gasteiger partial charge is 0.391 e. The van der Waals surface area contributed by atoms with Crippen LogP contribution in [0.25, 0.3) is 0 Å². The zero-order valence-electron chi connectivity index (χ0n) is 14.4. The van der Waals surface area contributed by atoms with Gasteiger partial charge in [-0.2, -0.15) is 5.10 Å². The molecule has 0 saturated heterocycles. The molecule has 2 N–H and O–H groups in total. The minimum Gasteiger partial charge on any atom is -0.391 e. The number of halogens is 1. The van der Waals surface area contributed by atoms with Gasteiger partial charge in [-0.25, -0.2) is 4.98 Å². The highest BCUT2D eigenvalue weighted by Crippen LogP contribution is 2.28. The Morgan fingerprint density at radius 1 is 1.38 bits per heavy atom. The van der Waals surface area contributed by atoms with Crippen LogP contribution in [0.3, 0.4) is 0 Å². The van der Waals surface area contributed by atoms with E-state index >= 15 is 0 Å². The summed E-state index contributed by atoms with van der Waals surface area (Å²) in [7, 11) is 5.97. The van der Waals surface area contributed by atoms with Gasteiger partial charge in [0.1, 0.15) is 0 Å². The van der Waals surface area contributed by atoms with Gasteiger partial charge in [0.25, 0.3) is 0 Å². The maximum atomic E-state index is 10.3. The van der Waals surface area contributed by atoms with Crippen molar-refractivity contribution in [3.8, 4) is 0 Å². The van der Waals surface area contributed by atoms with Crippen molar-refractivity contribution in [1.82, 2.24) is 24.6 Å². The van der Waals surface area contributed by atoms with Crippen LogP contribution in [-0.2, 0) is 20.1 Å². The van der Waals surface area contributed by atoms with Crippen LogP contribution in [0.1, 0.15) is 18.5 Å². The molecule has 0 spiro atoms. The van der Waals surface area contributed by atoms with E-state index in [9.17, 15) is 5.11 Å². The van der Waals surface area contributed by atoms with Crippen molar-refractivity contribution in [2.24, 2.45) is 13.0 Å². The van der Waals surface area contributed by atoms with Crippen LogP contribution in [0.2, 0.25) is 5.02 Å². The molecule has 1 unspecified atom stereocenters. The quantitative estimate of drug-likeness (QED) is 0.819. The smallest absolute Gasteiger partial charge is 0.204 e. The lowest BCUT2D eigenvalue weighted by Gasteiger charge is -2.17. The molecular formula is C16H25ClN6O. The predicted octanol–water partition coefficient (Wildman–Crippen LogP) is 1.27. The first-order valence-electron chi connectivity index (χ1n) is 8.21. The summed E-state index contributed by atoms with van der Waals surface area (Å²) in [4.78, 5) is 6.40. The minimum atomic E-state index is -0.331. The second kappa shape index (κ2) is 7.13. The Morgan fingerprint density at radius 2 is 2.17 bits per heavy atom. The van der Waals surface area contributed by atoms with Gasteiger partial charge < -0.3 is 19.9 Å². The van der Waals surface area contributed by atoms with Gasteiger partial charge in [0, 0.05) is 46.5 Å². The van der Waals surface area contributed by atoms with E-state index in [1.165, 1.54) is 0 Å². The highest BCUT2D eigenvalue weighted by atomic mass is 35.5. The number of imidazole rings is 1. The van der Waals surface area contributed by atoms with E-state index in [2.05, 4.69) is 20.0 Å². The zero-order valence-corrected chi connectivity index (χ0v) is 15.1. The molecule has 1 saturated carbocycles. The van der Waals surface area contributed by atoms with Crippen molar-refractivity contribution in [2.45, 2.75) is 38.1 Å². The molecule has 0 bridgehead atoms. The number of aliphatic hydroxyl groups is 1. The fourth-order valence-corrected chi connectivity index (χ4v) is 3.59. The summed E-state index contributed by atoms with van der Waals surface area (Å²) >= 11 is 5.90. The number of aromatic nitrogens is 4. The average molecular weight is 353 g/mol. The predicted molar refractivity (Wildman–Crippen MR) is 94.1 cm³/mol. The summed E-state index contributed by atoms with van der Waals surface area (Å²) in [5, 5.41) is 18.7. The van der Waals surface area contributed by atoms with E-state index in [0.29, 0.717) is 17.5 Å². The number of rotatable bonds is 6. The Hall–Kier alpha value is -1.57. The van der Waals surface area contributed by atoms with Crippen molar-refractivity contribution < 1.29 is 5.11 Å². The molecule has 8 heteroatoms. The lowest BCUT2D eigenvalue weighted by molar-refractivity contribution is 0.145. The SMILES string of the molecule is CN(C)c1ncc(CN[C@@H]2CC(Cn3cc(Cl)cn3)C[C@H]2O)n1C. The highest BCUT2D eigenvalue weighted by molar-refractivity contribution is 6.30. The molecule has 0 amide bonds. The first-order valence-corrected chi connectivity index (χ1v) is 8.59. The van der Waals surface area contributed by atoms with E-state index in [0.717, 1.165) is 31.0 Å². The van der Waals surface area contributed by atoms with E-state index in [1.54, 1.807) is 6.20 Å².